The van der Waals surface area contributed by atoms with E-state index in [4.69, 9.17) is 4.42 Å². The van der Waals surface area contributed by atoms with Crippen LogP contribution in [0.2, 0.25) is 0 Å². The molecule has 2 aromatic rings. The number of furan rings is 1. The van der Waals surface area contributed by atoms with Crippen LogP contribution in [0.5, 0.6) is 0 Å². The Morgan fingerprint density at radius 3 is 2.74 bits per heavy atom. The predicted molar refractivity (Wildman–Crippen MR) is 72.2 cm³/mol. The molecule has 0 aliphatic heterocycles. The van der Waals surface area contributed by atoms with Gasteiger partial charge in [0.2, 0.25) is 0 Å². The molecule has 1 aromatic heterocycles. The number of quaternary nitrogens is 1. The number of benzene rings is 1. The molecular formula is C15H19N2O2+. The fourth-order valence-corrected chi connectivity index (χ4v) is 1.75. The zero-order valence-corrected chi connectivity index (χ0v) is 11.1. The van der Waals surface area contributed by atoms with Crippen molar-refractivity contribution in [3.05, 3.63) is 59.5 Å². The van der Waals surface area contributed by atoms with Crippen LogP contribution in [0.4, 0.5) is 0 Å². The number of rotatable bonds is 6. The summed E-state index contributed by atoms with van der Waals surface area (Å²) in [5.41, 5.74) is 2.34. The lowest BCUT2D eigenvalue weighted by Crippen LogP contribution is -2.85. The first-order valence-corrected chi connectivity index (χ1v) is 6.40. The standard InChI is InChI=1S/C15H18N2O2/c1-12-4-6-13(7-5-12)9-17-15(18)11-16-10-14-3-2-8-19-14/h2-8,16H,9-11H2,1H3,(H,17,18)/p+1. The summed E-state index contributed by atoms with van der Waals surface area (Å²) in [6, 6.07) is 11.9. The normalized spacial score (nSPS) is 10.4. The lowest BCUT2D eigenvalue weighted by Gasteiger charge is -2.04. The van der Waals surface area contributed by atoms with E-state index in [1.54, 1.807) is 6.26 Å². The van der Waals surface area contributed by atoms with Crippen LogP contribution in [0.3, 0.4) is 0 Å². The van der Waals surface area contributed by atoms with Crippen LogP contribution >= 0.6 is 0 Å². The van der Waals surface area contributed by atoms with Crippen molar-refractivity contribution in [2.75, 3.05) is 6.54 Å². The van der Waals surface area contributed by atoms with E-state index in [1.165, 1.54) is 5.56 Å². The quantitative estimate of drug-likeness (QED) is 0.812. The molecule has 0 saturated carbocycles. The second-order valence-electron chi connectivity index (χ2n) is 4.54. The van der Waals surface area contributed by atoms with Gasteiger partial charge >= 0.3 is 0 Å². The number of aryl methyl sites for hydroxylation is 1. The van der Waals surface area contributed by atoms with Crippen LogP contribution in [-0.2, 0) is 17.9 Å². The fourth-order valence-electron chi connectivity index (χ4n) is 1.75. The molecule has 0 aliphatic rings. The van der Waals surface area contributed by atoms with Crippen molar-refractivity contribution < 1.29 is 14.5 Å². The van der Waals surface area contributed by atoms with Gasteiger partial charge in [-0.3, -0.25) is 4.79 Å². The third kappa shape index (κ3) is 4.60. The van der Waals surface area contributed by atoms with Crippen molar-refractivity contribution in [2.45, 2.75) is 20.0 Å². The summed E-state index contributed by atoms with van der Waals surface area (Å²) in [5, 5.41) is 4.82. The molecule has 2 rings (SSSR count). The van der Waals surface area contributed by atoms with Gasteiger partial charge in [-0.25, -0.2) is 0 Å². The van der Waals surface area contributed by atoms with Gasteiger partial charge in [-0.2, -0.15) is 0 Å². The molecule has 1 aromatic carbocycles. The highest BCUT2D eigenvalue weighted by Gasteiger charge is 2.04. The third-order valence-corrected chi connectivity index (χ3v) is 2.87. The third-order valence-electron chi connectivity index (χ3n) is 2.87. The highest BCUT2D eigenvalue weighted by atomic mass is 16.3. The molecule has 0 bridgehead atoms. The van der Waals surface area contributed by atoms with Crippen LogP contribution < -0.4 is 10.6 Å². The Balaban J connectivity index is 1.65. The minimum Gasteiger partial charge on any atom is -0.463 e. The number of nitrogens with one attached hydrogen (secondary N) is 1. The molecule has 0 atom stereocenters. The summed E-state index contributed by atoms with van der Waals surface area (Å²) >= 11 is 0. The molecule has 0 aliphatic carbocycles. The Morgan fingerprint density at radius 1 is 1.26 bits per heavy atom. The fraction of sp³-hybridized carbons (Fsp3) is 0.267. The average molecular weight is 259 g/mol. The summed E-state index contributed by atoms with van der Waals surface area (Å²) < 4.78 is 5.19. The lowest BCUT2D eigenvalue weighted by molar-refractivity contribution is -0.661. The summed E-state index contributed by atoms with van der Waals surface area (Å²) in [4.78, 5) is 11.6. The first-order valence-electron chi connectivity index (χ1n) is 6.40. The van der Waals surface area contributed by atoms with E-state index in [0.29, 0.717) is 19.6 Å². The molecule has 3 N–H and O–H groups in total. The second-order valence-corrected chi connectivity index (χ2v) is 4.54. The lowest BCUT2D eigenvalue weighted by atomic mass is 10.1. The molecule has 1 heterocycles. The largest absolute Gasteiger partial charge is 0.463 e. The maximum Gasteiger partial charge on any atom is 0.275 e. The molecule has 0 spiro atoms. The smallest absolute Gasteiger partial charge is 0.275 e. The van der Waals surface area contributed by atoms with Gasteiger partial charge in [0.25, 0.3) is 5.91 Å². The van der Waals surface area contributed by atoms with E-state index in [-0.39, 0.29) is 5.91 Å². The number of nitrogens with two attached hydrogens (primary N) is 1. The highest BCUT2D eigenvalue weighted by molar-refractivity contribution is 5.76. The molecule has 4 heteroatoms. The van der Waals surface area contributed by atoms with Gasteiger partial charge in [0, 0.05) is 6.54 Å². The van der Waals surface area contributed by atoms with Gasteiger partial charge < -0.3 is 15.1 Å². The molecule has 0 fully saturated rings. The van der Waals surface area contributed by atoms with E-state index < -0.39 is 0 Å². The average Bonchev–Trinajstić information content (AvgIpc) is 2.91. The van der Waals surface area contributed by atoms with E-state index in [1.807, 2.05) is 48.6 Å². The Hall–Kier alpha value is -2.07. The zero-order chi connectivity index (χ0) is 13.5. The second kappa shape index (κ2) is 6.75. The number of carbonyl (C=O) groups excluding carboxylic acids is 1. The first kappa shape index (κ1) is 13.4. The monoisotopic (exact) mass is 259 g/mol. The van der Waals surface area contributed by atoms with Gasteiger partial charge in [0.15, 0.2) is 12.3 Å². The van der Waals surface area contributed by atoms with Gasteiger partial charge in [-0.15, -0.1) is 0 Å². The van der Waals surface area contributed by atoms with Crippen molar-refractivity contribution in [1.29, 1.82) is 0 Å². The van der Waals surface area contributed by atoms with Crippen LogP contribution in [0.15, 0.2) is 47.1 Å². The van der Waals surface area contributed by atoms with E-state index >= 15 is 0 Å². The van der Waals surface area contributed by atoms with Gasteiger partial charge in [0.1, 0.15) is 6.54 Å². The topological polar surface area (TPSA) is 58.9 Å². The molecule has 1 amide bonds. The van der Waals surface area contributed by atoms with E-state index in [9.17, 15) is 4.79 Å². The van der Waals surface area contributed by atoms with Crippen molar-refractivity contribution in [1.82, 2.24) is 5.32 Å². The number of hydrogen-bond donors (Lipinski definition) is 2. The Kier molecular flexibility index (Phi) is 4.75. The van der Waals surface area contributed by atoms with Gasteiger partial charge in [-0.1, -0.05) is 29.8 Å². The molecule has 4 nitrogen and oxygen atoms in total. The van der Waals surface area contributed by atoms with Crippen molar-refractivity contribution in [2.24, 2.45) is 0 Å². The van der Waals surface area contributed by atoms with E-state index in [0.717, 1.165) is 11.3 Å². The Bertz CT molecular complexity index is 503. The zero-order valence-electron chi connectivity index (χ0n) is 11.1. The Labute approximate surface area is 112 Å². The van der Waals surface area contributed by atoms with Crippen molar-refractivity contribution in [3.63, 3.8) is 0 Å². The van der Waals surface area contributed by atoms with Crippen LogP contribution in [0, 0.1) is 6.92 Å². The summed E-state index contributed by atoms with van der Waals surface area (Å²) in [5.74, 6) is 0.915. The summed E-state index contributed by atoms with van der Waals surface area (Å²) in [7, 11) is 0. The highest BCUT2D eigenvalue weighted by Crippen LogP contribution is 2.02. The number of carbonyl (C=O) groups is 1. The van der Waals surface area contributed by atoms with Crippen LogP contribution in [-0.4, -0.2) is 12.5 Å². The van der Waals surface area contributed by atoms with Crippen LogP contribution in [0.25, 0.3) is 0 Å². The van der Waals surface area contributed by atoms with Crippen molar-refractivity contribution in [3.8, 4) is 0 Å². The molecule has 0 unspecified atom stereocenters. The number of amides is 1. The van der Waals surface area contributed by atoms with Crippen LogP contribution in [0.1, 0.15) is 16.9 Å². The minimum absolute atomic E-state index is 0.0344. The minimum atomic E-state index is 0.0344. The molecule has 0 saturated heterocycles. The summed E-state index contributed by atoms with van der Waals surface area (Å²) in [6.45, 7) is 3.72. The first-order chi connectivity index (χ1) is 9.24. The summed E-state index contributed by atoms with van der Waals surface area (Å²) in [6.07, 6.45) is 1.64. The van der Waals surface area contributed by atoms with Crippen molar-refractivity contribution >= 4 is 5.91 Å². The SMILES string of the molecule is Cc1ccc(CNC(=O)C[NH2+]Cc2ccco2)cc1. The molecular weight excluding hydrogens is 240 g/mol. The maximum absolute atomic E-state index is 11.6. The molecule has 100 valence electrons. The molecule has 0 radical (unpaired) electrons. The maximum atomic E-state index is 11.6. The number of hydrogen-bond acceptors (Lipinski definition) is 2. The predicted octanol–water partition coefficient (Wildman–Crippen LogP) is 0.968. The molecule has 19 heavy (non-hydrogen) atoms. The van der Waals surface area contributed by atoms with Gasteiger partial charge in [-0.05, 0) is 24.6 Å². The van der Waals surface area contributed by atoms with E-state index in [2.05, 4.69) is 5.32 Å². The van der Waals surface area contributed by atoms with Gasteiger partial charge in [0.05, 0.1) is 6.26 Å². The Morgan fingerprint density at radius 2 is 2.05 bits per heavy atom.